The van der Waals surface area contributed by atoms with Crippen molar-refractivity contribution in [3.63, 3.8) is 0 Å². The number of rotatable bonds is 3. The highest BCUT2D eigenvalue weighted by atomic mass is 79.9. The van der Waals surface area contributed by atoms with Crippen LogP contribution in [-0.4, -0.2) is 29.9 Å². The summed E-state index contributed by atoms with van der Waals surface area (Å²) in [5, 5.41) is 0. The third-order valence-corrected chi connectivity index (χ3v) is 6.00. The molecular weight excluding hydrogens is 364 g/mol. The molecule has 1 aromatic rings. The standard InChI is InChI=1S/C17H23BrN2O.ClH/c1-11-8-12(2-5-15(11)18)3-7-17(21)20-9-13-4-6-16(19)14(13)10-20;/h2,5,8,13-14,16H,3-4,6-7,9-10,19H2,1H3;1H. The first-order valence-corrected chi connectivity index (χ1v) is 8.62. The Bertz CT molecular complexity index is 551. The lowest BCUT2D eigenvalue weighted by Gasteiger charge is -2.18. The molecule has 2 N–H and O–H groups in total. The molecule has 1 aliphatic carbocycles. The Morgan fingerprint density at radius 3 is 2.82 bits per heavy atom. The second-order valence-corrected chi connectivity index (χ2v) is 7.40. The maximum absolute atomic E-state index is 12.4. The fourth-order valence-electron chi connectivity index (χ4n) is 3.78. The summed E-state index contributed by atoms with van der Waals surface area (Å²) >= 11 is 3.51. The molecule has 1 saturated heterocycles. The zero-order valence-corrected chi connectivity index (χ0v) is 15.3. The van der Waals surface area contributed by atoms with E-state index < -0.39 is 0 Å². The van der Waals surface area contributed by atoms with Gasteiger partial charge in [-0.25, -0.2) is 0 Å². The molecule has 3 nitrogen and oxygen atoms in total. The smallest absolute Gasteiger partial charge is 0.222 e. The fraction of sp³-hybridized carbons (Fsp3) is 0.588. The molecule has 2 fully saturated rings. The number of benzene rings is 1. The van der Waals surface area contributed by atoms with Crippen LogP contribution in [0.3, 0.4) is 0 Å². The van der Waals surface area contributed by atoms with Gasteiger partial charge in [0.05, 0.1) is 0 Å². The van der Waals surface area contributed by atoms with Crippen LogP contribution in [0.15, 0.2) is 22.7 Å². The predicted octanol–water partition coefficient (Wildman–Crippen LogP) is 3.31. The van der Waals surface area contributed by atoms with Crippen LogP contribution in [0.4, 0.5) is 0 Å². The number of nitrogens with two attached hydrogens (primary N) is 1. The first-order valence-electron chi connectivity index (χ1n) is 7.83. The van der Waals surface area contributed by atoms with Crippen molar-refractivity contribution in [3.05, 3.63) is 33.8 Å². The van der Waals surface area contributed by atoms with Crippen LogP contribution in [0.25, 0.3) is 0 Å². The average molecular weight is 388 g/mol. The molecule has 0 bridgehead atoms. The van der Waals surface area contributed by atoms with E-state index in [0.717, 1.165) is 30.4 Å². The molecule has 3 unspecified atom stereocenters. The number of hydrogen-bond donors (Lipinski definition) is 1. The lowest BCUT2D eigenvalue weighted by atomic mass is 9.98. The average Bonchev–Trinajstić information content (AvgIpc) is 3.02. The third-order valence-electron chi connectivity index (χ3n) is 5.11. The van der Waals surface area contributed by atoms with Gasteiger partial charge in [0.25, 0.3) is 0 Å². The van der Waals surface area contributed by atoms with Crippen molar-refractivity contribution < 1.29 is 4.79 Å². The Kier molecular flexibility index (Phi) is 5.92. The van der Waals surface area contributed by atoms with Crippen molar-refractivity contribution in [1.82, 2.24) is 4.90 Å². The van der Waals surface area contributed by atoms with Gasteiger partial charge in [-0.3, -0.25) is 4.79 Å². The number of nitrogens with zero attached hydrogens (tertiary/aromatic N) is 1. The molecule has 5 heteroatoms. The van der Waals surface area contributed by atoms with Gasteiger partial charge in [-0.15, -0.1) is 12.4 Å². The minimum Gasteiger partial charge on any atom is -0.342 e. The number of aryl methyl sites for hydroxylation is 2. The monoisotopic (exact) mass is 386 g/mol. The number of carbonyl (C=O) groups excluding carboxylic acids is 1. The van der Waals surface area contributed by atoms with Gasteiger partial charge in [0.2, 0.25) is 5.91 Å². The summed E-state index contributed by atoms with van der Waals surface area (Å²) in [6.07, 6.45) is 3.76. The van der Waals surface area contributed by atoms with Crippen LogP contribution in [0, 0.1) is 18.8 Å². The Morgan fingerprint density at radius 2 is 2.14 bits per heavy atom. The third kappa shape index (κ3) is 3.66. The Balaban J connectivity index is 0.00000176. The predicted molar refractivity (Wildman–Crippen MR) is 95.2 cm³/mol. The maximum Gasteiger partial charge on any atom is 0.222 e. The minimum atomic E-state index is 0. The highest BCUT2D eigenvalue weighted by Crippen LogP contribution is 2.37. The van der Waals surface area contributed by atoms with Gasteiger partial charge in [0, 0.05) is 30.0 Å². The van der Waals surface area contributed by atoms with Crippen molar-refractivity contribution in [2.75, 3.05) is 13.1 Å². The van der Waals surface area contributed by atoms with Gasteiger partial charge in [-0.05, 0) is 55.2 Å². The summed E-state index contributed by atoms with van der Waals surface area (Å²) in [5.74, 6) is 1.49. The molecule has 122 valence electrons. The van der Waals surface area contributed by atoms with Crippen molar-refractivity contribution >= 4 is 34.2 Å². The highest BCUT2D eigenvalue weighted by molar-refractivity contribution is 9.10. The van der Waals surface area contributed by atoms with E-state index in [0.29, 0.717) is 24.3 Å². The molecule has 3 rings (SSSR count). The summed E-state index contributed by atoms with van der Waals surface area (Å²) in [7, 11) is 0. The van der Waals surface area contributed by atoms with Crippen LogP contribution >= 0.6 is 28.3 Å². The maximum atomic E-state index is 12.4. The van der Waals surface area contributed by atoms with Crippen LogP contribution in [0.5, 0.6) is 0 Å². The summed E-state index contributed by atoms with van der Waals surface area (Å²) in [4.78, 5) is 14.4. The summed E-state index contributed by atoms with van der Waals surface area (Å²) < 4.78 is 1.12. The first kappa shape index (κ1) is 17.8. The zero-order chi connectivity index (χ0) is 15.0. The minimum absolute atomic E-state index is 0. The van der Waals surface area contributed by atoms with E-state index in [2.05, 4.69) is 41.1 Å². The second kappa shape index (κ2) is 7.33. The second-order valence-electron chi connectivity index (χ2n) is 6.55. The molecule has 1 amide bonds. The van der Waals surface area contributed by atoms with Gasteiger partial charge in [-0.2, -0.15) is 0 Å². The molecule has 1 saturated carbocycles. The summed E-state index contributed by atoms with van der Waals surface area (Å²) in [6, 6.07) is 6.63. The lowest BCUT2D eigenvalue weighted by molar-refractivity contribution is -0.130. The van der Waals surface area contributed by atoms with Gasteiger partial charge < -0.3 is 10.6 Å². The molecule has 1 heterocycles. The molecular formula is C17H24BrClN2O. The van der Waals surface area contributed by atoms with Crippen LogP contribution in [0.1, 0.15) is 30.4 Å². The van der Waals surface area contributed by atoms with E-state index in [-0.39, 0.29) is 18.3 Å². The van der Waals surface area contributed by atoms with Gasteiger partial charge in [0.15, 0.2) is 0 Å². The van der Waals surface area contributed by atoms with Crippen molar-refractivity contribution in [2.24, 2.45) is 17.6 Å². The molecule has 0 spiro atoms. The van der Waals surface area contributed by atoms with Crippen molar-refractivity contribution in [3.8, 4) is 0 Å². The highest BCUT2D eigenvalue weighted by Gasteiger charge is 2.42. The van der Waals surface area contributed by atoms with Crippen molar-refractivity contribution in [1.29, 1.82) is 0 Å². The van der Waals surface area contributed by atoms with E-state index in [1.165, 1.54) is 17.5 Å². The Morgan fingerprint density at radius 1 is 1.36 bits per heavy atom. The fourth-order valence-corrected chi connectivity index (χ4v) is 4.03. The number of fused-ring (bicyclic) bond motifs is 1. The van der Waals surface area contributed by atoms with Gasteiger partial charge >= 0.3 is 0 Å². The van der Waals surface area contributed by atoms with E-state index in [1.807, 2.05) is 4.90 Å². The van der Waals surface area contributed by atoms with Gasteiger partial charge in [-0.1, -0.05) is 28.1 Å². The van der Waals surface area contributed by atoms with Crippen LogP contribution in [-0.2, 0) is 11.2 Å². The SMILES string of the molecule is Cc1cc(CCC(=O)N2CC3CCC(N)C3C2)ccc1Br.Cl. The van der Waals surface area contributed by atoms with E-state index in [9.17, 15) is 4.79 Å². The Hall–Kier alpha value is -0.580. The molecule has 3 atom stereocenters. The molecule has 22 heavy (non-hydrogen) atoms. The number of carbonyl (C=O) groups is 1. The van der Waals surface area contributed by atoms with E-state index in [4.69, 9.17) is 5.73 Å². The molecule has 1 aliphatic heterocycles. The quantitative estimate of drug-likeness (QED) is 0.865. The van der Waals surface area contributed by atoms with Gasteiger partial charge in [0.1, 0.15) is 0 Å². The number of amides is 1. The summed E-state index contributed by atoms with van der Waals surface area (Å²) in [5.41, 5.74) is 8.60. The van der Waals surface area contributed by atoms with Crippen molar-refractivity contribution in [2.45, 2.75) is 38.6 Å². The topological polar surface area (TPSA) is 46.3 Å². The molecule has 2 aliphatic rings. The first-order chi connectivity index (χ1) is 10.0. The number of hydrogen-bond acceptors (Lipinski definition) is 2. The van der Waals surface area contributed by atoms with E-state index >= 15 is 0 Å². The van der Waals surface area contributed by atoms with Crippen LogP contribution in [0.2, 0.25) is 0 Å². The number of halogens is 2. The number of likely N-dealkylation sites (tertiary alicyclic amines) is 1. The van der Waals surface area contributed by atoms with E-state index in [1.54, 1.807) is 0 Å². The Labute approximate surface area is 147 Å². The van der Waals surface area contributed by atoms with Crippen LogP contribution < -0.4 is 5.73 Å². The zero-order valence-electron chi connectivity index (χ0n) is 12.9. The molecule has 0 aromatic heterocycles. The summed E-state index contributed by atoms with van der Waals surface area (Å²) in [6.45, 7) is 3.89. The normalized spacial score (nSPS) is 26.7. The lowest BCUT2D eigenvalue weighted by Crippen LogP contribution is -2.33. The molecule has 1 aromatic carbocycles. The molecule has 0 radical (unpaired) electrons. The largest absolute Gasteiger partial charge is 0.342 e.